The zero-order valence-corrected chi connectivity index (χ0v) is 11.9. The molecule has 1 aromatic rings. The van der Waals surface area contributed by atoms with E-state index in [1.54, 1.807) is 24.3 Å². The van der Waals surface area contributed by atoms with Crippen LogP contribution in [0.15, 0.2) is 24.3 Å². The summed E-state index contributed by atoms with van der Waals surface area (Å²) in [7, 11) is 0. The van der Waals surface area contributed by atoms with E-state index >= 15 is 0 Å². The fourth-order valence-electron chi connectivity index (χ4n) is 2.14. The largest absolute Gasteiger partial charge is 0.356 e. The molecule has 0 spiro atoms. The van der Waals surface area contributed by atoms with Crippen molar-refractivity contribution in [1.82, 2.24) is 10.6 Å². The Morgan fingerprint density at radius 2 is 2.05 bits per heavy atom. The highest BCUT2D eigenvalue weighted by Gasteiger charge is 2.27. The molecule has 0 aromatic heterocycles. The Bertz CT molecular complexity index is 557. The number of fused-ring (bicyclic) bond motifs is 1. The van der Waals surface area contributed by atoms with E-state index in [1.165, 1.54) is 0 Å². The molecule has 21 heavy (non-hydrogen) atoms. The molecule has 1 aliphatic heterocycles. The lowest BCUT2D eigenvalue weighted by molar-refractivity contribution is -0.121. The number of hydrogen-bond acceptors (Lipinski definition) is 3. The molecule has 112 valence electrons. The quantitative estimate of drug-likeness (QED) is 0.757. The molecule has 0 radical (unpaired) electrons. The second-order valence-electron chi connectivity index (χ2n) is 4.95. The van der Waals surface area contributed by atoms with Crippen molar-refractivity contribution in [2.75, 3.05) is 11.9 Å². The molecule has 2 rings (SSSR count). The maximum absolute atomic E-state index is 12.1. The average Bonchev–Trinajstić information content (AvgIpc) is 2.60. The van der Waals surface area contributed by atoms with Gasteiger partial charge >= 0.3 is 0 Å². The second-order valence-corrected chi connectivity index (χ2v) is 4.95. The molecule has 0 unspecified atom stereocenters. The molecule has 3 amide bonds. The van der Waals surface area contributed by atoms with Gasteiger partial charge in [-0.05, 0) is 25.0 Å². The zero-order chi connectivity index (χ0) is 15.2. The van der Waals surface area contributed by atoms with Crippen molar-refractivity contribution in [2.24, 2.45) is 0 Å². The maximum atomic E-state index is 12.1. The Hall–Kier alpha value is -2.37. The summed E-state index contributed by atoms with van der Waals surface area (Å²) in [6.07, 6.45) is 1.34. The molecule has 1 heterocycles. The van der Waals surface area contributed by atoms with Gasteiger partial charge in [0.05, 0.1) is 11.3 Å². The Morgan fingerprint density at radius 1 is 1.29 bits per heavy atom. The predicted octanol–water partition coefficient (Wildman–Crippen LogP) is 1.04. The van der Waals surface area contributed by atoms with Gasteiger partial charge in [-0.3, -0.25) is 14.4 Å². The van der Waals surface area contributed by atoms with E-state index in [0.29, 0.717) is 17.8 Å². The molecule has 3 N–H and O–H groups in total. The number of carbonyl (C=O) groups excluding carboxylic acids is 3. The third-order valence-electron chi connectivity index (χ3n) is 3.28. The first-order chi connectivity index (χ1) is 10.1. The first-order valence-electron chi connectivity index (χ1n) is 7.09. The van der Waals surface area contributed by atoms with Crippen molar-refractivity contribution in [1.29, 1.82) is 0 Å². The molecule has 0 bridgehead atoms. The van der Waals surface area contributed by atoms with Crippen molar-refractivity contribution in [3.05, 3.63) is 29.8 Å². The van der Waals surface area contributed by atoms with Crippen LogP contribution in [-0.4, -0.2) is 30.3 Å². The summed E-state index contributed by atoms with van der Waals surface area (Å²) >= 11 is 0. The number of hydrogen-bond donors (Lipinski definition) is 3. The second kappa shape index (κ2) is 6.88. The molecule has 6 nitrogen and oxygen atoms in total. The Kier molecular flexibility index (Phi) is 4.92. The summed E-state index contributed by atoms with van der Waals surface area (Å²) in [6.45, 7) is 2.59. The molecule has 1 aromatic carbocycles. The van der Waals surface area contributed by atoms with Gasteiger partial charge in [0.2, 0.25) is 11.8 Å². The number of nitrogens with one attached hydrogen (secondary N) is 3. The molecule has 1 aliphatic rings. The third kappa shape index (κ3) is 3.81. The highest BCUT2D eigenvalue weighted by Crippen LogP contribution is 2.19. The SMILES string of the molecule is CCCNC(=O)CC[C@H]1NC(=O)c2ccccc2NC1=O. The van der Waals surface area contributed by atoms with E-state index in [-0.39, 0.29) is 30.6 Å². The van der Waals surface area contributed by atoms with Gasteiger partial charge in [0.15, 0.2) is 0 Å². The molecule has 0 saturated carbocycles. The van der Waals surface area contributed by atoms with Crippen molar-refractivity contribution in [3.8, 4) is 0 Å². The van der Waals surface area contributed by atoms with Gasteiger partial charge in [-0.15, -0.1) is 0 Å². The Labute approximate surface area is 123 Å². The van der Waals surface area contributed by atoms with Crippen LogP contribution in [0.25, 0.3) is 0 Å². The topological polar surface area (TPSA) is 87.3 Å². The van der Waals surface area contributed by atoms with Crippen LogP contribution in [0.3, 0.4) is 0 Å². The number of para-hydroxylation sites is 1. The van der Waals surface area contributed by atoms with E-state index in [4.69, 9.17) is 0 Å². The number of anilines is 1. The molecule has 0 saturated heterocycles. The van der Waals surface area contributed by atoms with Gasteiger partial charge in [0.25, 0.3) is 5.91 Å². The molecule has 6 heteroatoms. The molecule has 0 fully saturated rings. The molecular weight excluding hydrogens is 270 g/mol. The number of rotatable bonds is 5. The molecule has 1 atom stereocenters. The summed E-state index contributed by atoms with van der Waals surface area (Å²) in [6, 6.07) is 6.13. The lowest BCUT2D eigenvalue weighted by Crippen LogP contribution is -2.42. The minimum atomic E-state index is -0.697. The Balaban J connectivity index is 1.99. The number of benzene rings is 1. The van der Waals surface area contributed by atoms with E-state index in [0.717, 1.165) is 6.42 Å². The van der Waals surface area contributed by atoms with Crippen molar-refractivity contribution in [3.63, 3.8) is 0 Å². The van der Waals surface area contributed by atoms with Crippen LogP contribution in [0.4, 0.5) is 5.69 Å². The average molecular weight is 289 g/mol. The number of carbonyl (C=O) groups is 3. The predicted molar refractivity (Wildman–Crippen MR) is 78.9 cm³/mol. The van der Waals surface area contributed by atoms with Crippen LogP contribution >= 0.6 is 0 Å². The lowest BCUT2D eigenvalue weighted by atomic mass is 10.1. The highest BCUT2D eigenvalue weighted by atomic mass is 16.2. The van der Waals surface area contributed by atoms with Gasteiger partial charge < -0.3 is 16.0 Å². The van der Waals surface area contributed by atoms with Gasteiger partial charge in [0.1, 0.15) is 6.04 Å². The monoisotopic (exact) mass is 289 g/mol. The Morgan fingerprint density at radius 3 is 2.81 bits per heavy atom. The van der Waals surface area contributed by atoms with Gasteiger partial charge in [-0.2, -0.15) is 0 Å². The lowest BCUT2D eigenvalue weighted by Gasteiger charge is -2.14. The third-order valence-corrected chi connectivity index (χ3v) is 3.28. The van der Waals surface area contributed by atoms with Crippen LogP contribution in [0.2, 0.25) is 0 Å². The van der Waals surface area contributed by atoms with Crippen LogP contribution in [-0.2, 0) is 9.59 Å². The van der Waals surface area contributed by atoms with Gasteiger partial charge in [-0.25, -0.2) is 0 Å². The summed E-state index contributed by atoms with van der Waals surface area (Å²) in [5.74, 6) is -0.708. The van der Waals surface area contributed by atoms with Gasteiger partial charge in [0, 0.05) is 13.0 Å². The fraction of sp³-hybridized carbons (Fsp3) is 0.400. The minimum absolute atomic E-state index is 0.110. The first-order valence-corrected chi connectivity index (χ1v) is 7.09. The smallest absolute Gasteiger partial charge is 0.254 e. The maximum Gasteiger partial charge on any atom is 0.254 e. The minimum Gasteiger partial charge on any atom is -0.356 e. The summed E-state index contributed by atoms with van der Waals surface area (Å²) < 4.78 is 0. The van der Waals surface area contributed by atoms with E-state index in [2.05, 4.69) is 16.0 Å². The molecular formula is C15H19N3O3. The van der Waals surface area contributed by atoms with E-state index < -0.39 is 6.04 Å². The van der Waals surface area contributed by atoms with Gasteiger partial charge in [-0.1, -0.05) is 19.1 Å². The first kappa shape index (κ1) is 15.0. The van der Waals surface area contributed by atoms with Crippen molar-refractivity contribution in [2.45, 2.75) is 32.2 Å². The van der Waals surface area contributed by atoms with Crippen LogP contribution in [0.5, 0.6) is 0 Å². The normalized spacial score (nSPS) is 17.3. The molecule has 0 aliphatic carbocycles. The van der Waals surface area contributed by atoms with Crippen molar-refractivity contribution < 1.29 is 14.4 Å². The zero-order valence-electron chi connectivity index (χ0n) is 11.9. The van der Waals surface area contributed by atoms with Crippen LogP contribution in [0, 0.1) is 0 Å². The highest BCUT2D eigenvalue weighted by molar-refractivity contribution is 6.09. The fourth-order valence-corrected chi connectivity index (χ4v) is 2.14. The van der Waals surface area contributed by atoms with Crippen LogP contribution in [0.1, 0.15) is 36.5 Å². The van der Waals surface area contributed by atoms with Crippen LogP contribution < -0.4 is 16.0 Å². The summed E-state index contributed by atoms with van der Waals surface area (Å²) in [5.41, 5.74) is 0.932. The van der Waals surface area contributed by atoms with E-state index in [9.17, 15) is 14.4 Å². The summed E-state index contributed by atoms with van der Waals surface area (Å²) in [4.78, 5) is 35.7. The van der Waals surface area contributed by atoms with E-state index in [1.807, 2.05) is 6.92 Å². The van der Waals surface area contributed by atoms with Crippen molar-refractivity contribution >= 4 is 23.4 Å². The standard InChI is InChI=1S/C15H19N3O3/c1-2-9-16-13(19)8-7-12-15(21)17-11-6-4-3-5-10(11)14(20)18-12/h3-6,12H,2,7-9H2,1H3,(H,16,19)(H,17,21)(H,18,20)/t12-/m1/s1. The number of amides is 3. The summed E-state index contributed by atoms with van der Waals surface area (Å²) in [5, 5.41) is 8.13.